The summed E-state index contributed by atoms with van der Waals surface area (Å²) in [6.07, 6.45) is 4.44. The van der Waals surface area contributed by atoms with Gasteiger partial charge >= 0.3 is 0 Å². The smallest absolute Gasteiger partial charge is 0.166 e. The van der Waals surface area contributed by atoms with Crippen LogP contribution >= 0.6 is 0 Å². The number of anilines is 1. The van der Waals surface area contributed by atoms with E-state index in [2.05, 4.69) is 4.90 Å². The number of aliphatic hydroxyl groups excluding tert-OH is 1. The van der Waals surface area contributed by atoms with Crippen LogP contribution in [0.25, 0.3) is 12.2 Å². The monoisotopic (exact) mass is 327 g/mol. The number of halogens is 1. The number of aliphatic hydroxyl groups is 1. The van der Waals surface area contributed by atoms with E-state index in [0.717, 1.165) is 24.2 Å². The maximum Gasteiger partial charge on any atom is 0.166 e. The molecule has 1 unspecified atom stereocenters. The molecule has 1 saturated heterocycles. The lowest BCUT2D eigenvalue weighted by atomic mass is 10.1. The highest BCUT2D eigenvalue weighted by Gasteiger charge is 2.19. The average Bonchev–Trinajstić information content (AvgIpc) is 3.02. The second kappa shape index (κ2) is 6.84. The highest BCUT2D eigenvalue weighted by molar-refractivity contribution is 5.82. The first kappa shape index (κ1) is 16.2. The SMILES string of the molecule is O=Cc1cc(/C=C/c2ccc(N3CCC(O)C3)cc2)cc(F)c1O. The summed E-state index contributed by atoms with van der Waals surface area (Å²) in [6.45, 7) is 1.49. The van der Waals surface area contributed by atoms with Crippen LogP contribution in [0, 0.1) is 5.82 Å². The minimum Gasteiger partial charge on any atom is -0.504 e. The lowest BCUT2D eigenvalue weighted by Gasteiger charge is -2.17. The van der Waals surface area contributed by atoms with E-state index in [4.69, 9.17) is 0 Å². The van der Waals surface area contributed by atoms with Crippen LogP contribution in [-0.4, -0.2) is 35.7 Å². The standard InChI is InChI=1S/C19H18FNO3/c20-18-10-14(9-15(12-22)19(18)24)2-1-13-3-5-16(6-4-13)21-8-7-17(23)11-21/h1-6,9-10,12,17,23-24H,7-8,11H2/b2-1+. The van der Waals surface area contributed by atoms with Gasteiger partial charge in [0.15, 0.2) is 17.9 Å². The molecule has 0 saturated carbocycles. The molecule has 1 heterocycles. The average molecular weight is 327 g/mol. The fourth-order valence-corrected chi connectivity index (χ4v) is 2.79. The summed E-state index contributed by atoms with van der Waals surface area (Å²) in [4.78, 5) is 12.9. The van der Waals surface area contributed by atoms with Crippen molar-refractivity contribution in [2.24, 2.45) is 0 Å². The van der Waals surface area contributed by atoms with Gasteiger partial charge < -0.3 is 15.1 Å². The molecule has 124 valence electrons. The number of hydrogen-bond acceptors (Lipinski definition) is 4. The third kappa shape index (κ3) is 3.46. The predicted molar refractivity (Wildman–Crippen MR) is 91.7 cm³/mol. The van der Waals surface area contributed by atoms with Crippen molar-refractivity contribution < 1.29 is 19.4 Å². The third-order valence-electron chi connectivity index (χ3n) is 4.13. The Morgan fingerprint density at radius 1 is 1.12 bits per heavy atom. The predicted octanol–water partition coefficient (Wildman–Crippen LogP) is 3.09. The van der Waals surface area contributed by atoms with Crippen molar-refractivity contribution in [3.05, 3.63) is 58.9 Å². The highest BCUT2D eigenvalue weighted by Crippen LogP contribution is 2.24. The topological polar surface area (TPSA) is 60.8 Å². The van der Waals surface area contributed by atoms with E-state index >= 15 is 0 Å². The minimum atomic E-state index is -0.817. The van der Waals surface area contributed by atoms with E-state index in [-0.39, 0.29) is 11.7 Å². The third-order valence-corrected chi connectivity index (χ3v) is 4.13. The maximum absolute atomic E-state index is 13.5. The number of nitrogens with zero attached hydrogens (tertiary/aromatic N) is 1. The largest absolute Gasteiger partial charge is 0.504 e. The van der Waals surface area contributed by atoms with Gasteiger partial charge in [-0.2, -0.15) is 0 Å². The molecule has 1 atom stereocenters. The molecular weight excluding hydrogens is 309 g/mol. The first-order chi connectivity index (χ1) is 11.6. The van der Waals surface area contributed by atoms with E-state index in [9.17, 15) is 19.4 Å². The molecule has 0 radical (unpaired) electrons. The number of rotatable bonds is 4. The first-order valence-electron chi connectivity index (χ1n) is 7.75. The molecule has 1 aliphatic rings. The summed E-state index contributed by atoms with van der Waals surface area (Å²) in [5, 5.41) is 19.0. The molecule has 1 fully saturated rings. The number of phenolic OH excluding ortho intramolecular Hbond substituents is 1. The van der Waals surface area contributed by atoms with Gasteiger partial charge in [-0.05, 0) is 41.8 Å². The molecule has 3 rings (SSSR count). The van der Waals surface area contributed by atoms with Crippen molar-refractivity contribution in [1.29, 1.82) is 0 Å². The zero-order valence-corrected chi connectivity index (χ0v) is 13.0. The molecule has 2 aromatic rings. The van der Waals surface area contributed by atoms with Crippen LogP contribution < -0.4 is 4.90 Å². The number of aromatic hydroxyl groups is 1. The quantitative estimate of drug-likeness (QED) is 0.669. The fourth-order valence-electron chi connectivity index (χ4n) is 2.79. The van der Waals surface area contributed by atoms with Gasteiger partial charge in [0.2, 0.25) is 0 Å². The number of benzene rings is 2. The van der Waals surface area contributed by atoms with Crippen molar-refractivity contribution in [3.8, 4) is 5.75 Å². The number of carbonyl (C=O) groups excluding carboxylic acids is 1. The molecule has 0 aliphatic carbocycles. The number of hydrogen-bond donors (Lipinski definition) is 2. The molecule has 0 spiro atoms. The van der Waals surface area contributed by atoms with Crippen molar-refractivity contribution >= 4 is 24.1 Å². The van der Waals surface area contributed by atoms with E-state index in [0.29, 0.717) is 18.4 Å². The minimum absolute atomic E-state index is 0.0717. The summed E-state index contributed by atoms with van der Waals surface area (Å²) in [5.41, 5.74) is 2.42. The second-order valence-corrected chi connectivity index (χ2v) is 5.87. The van der Waals surface area contributed by atoms with Gasteiger partial charge in [0.05, 0.1) is 11.7 Å². The summed E-state index contributed by atoms with van der Waals surface area (Å²) in [5.74, 6) is -1.44. The second-order valence-electron chi connectivity index (χ2n) is 5.87. The fraction of sp³-hybridized carbons (Fsp3) is 0.211. The lowest BCUT2D eigenvalue weighted by Crippen LogP contribution is -2.20. The van der Waals surface area contributed by atoms with Crippen LogP contribution in [0.4, 0.5) is 10.1 Å². The van der Waals surface area contributed by atoms with Crippen molar-refractivity contribution in [2.75, 3.05) is 18.0 Å². The molecule has 4 nitrogen and oxygen atoms in total. The Morgan fingerprint density at radius 2 is 1.83 bits per heavy atom. The van der Waals surface area contributed by atoms with Gasteiger partial charge in [0.25, 0.3) is 0 Å². The van der Waals surface area contributed by atoms with Crippen LogP contribution in [0.5, 0.6) is 5.75 Å². The molecule has 2 aromatic carbocycles. The van der Waals surface area contributed by atoms with E-state index in [1.807, 2.05) is 30.3 Å². The maximum atomic E-state index is 13.5. The molecular formula is C19H18FNO3. The Labute approximate surface area is 139 Å². The van der Waals surface area contributed by atoms with Gasteiger partial charge in [-0.1, -0.05) is 24.3 Å². The Bertz CT molecular complexity index is 771. The summed E-state index contributed by atoms with van der Waals surface area (Å²) in [6, 6.07) is 10.4. The Kier molecular flexibility index (Phi) is 4.62. The molecule has 0 bridgehead atoms. The first-order valence-corrected chi connectivity index (χ1v) is 7.75. The molecule has 0 aromatic heterocycles. The van der Waals surface area contributed by atoms with Crippen molar-refractivity contribution in [3.63, 3.8) is 0 Å². The van der Waals surface area contributed by atoms with E-state index < -0.39 is 11.6 Å². The molecule has 0 amide bonds. The molecule has 5 heteroatoms. The number of carbonyl (C=O) groups is 1. The molecule has 1 aliphatic heterocycles. The normalized spacial score (nSPS) is 17.6. The number of phenols is 1. The van der Waals surface area contributed by atoms with Crippen LogP contribution in [0.15, 0.2) is 36.4 Å². The van der Waals surface area contributed by atoms with Crippen LogP contribution in [0.1, 0.15) is 27.9 Å². The van der Waals surface area contributed by atoms with Gasteiger partial charge in [0.1, 0.15) is 0 Å². The summed E-state index contributed by atoms with van der Waals surface area (Å²) in [7, 11) is 0. The van der Waals surface area contributed by atoms with Crippen LogP contribution in [-0.2, 0) is 0 Å². The highest BCUT2D eigenvalue weighted by atomic mass is 19.1. The van der Waals surface area contributed by atoms with Gasteiger partial charge in [-0.15, -0.1) is 0 Å². The van der Waals surface area contributed by atoms with Crippen LogP contribution in [0.2, 0.25) is 0 Å². The lowest BCUT2D eigenvalue weighted by molar-refractivity contribution is 0.112. The Balaban J connectivity index is 1.75. The van der Waals surface area contributed by atoms with Crippen LogP contribution in [0.3, 0.4) is 0 Å². The van der Waals surface area contributed by atoms with E-state index in [1.54, 1.807) is 6.08 Å². The number of β-amino-alcohol motifs (C(OH)–C–C–N with tert-alkyl or cyclic N) is 1. The zero-order chi connectivity index (χ0) is 17.1. The van der Waals surface area contributed by atoms with Gasteiger partial charge in [-0.3, -0.25) is 4.79 Å². The Morgan fingerprint density at radius 3 is 2.46 bits per heavy atom. The van der Waals surface area contributed by atoms with Crippen molar-refractivity contribution in [1.82, 2.24) is 0 Å². The molecule has 24 heavy (non-hydrogen) atoms. The van der Waals surface area contributed by atoms with Gasteiger partial charge in [0, 0.05) is 18.8 Å². The zero-order valence-electron chi connectivity index (χ0n) is 13.0. The number of aldehydes is 1. The van der Waals surface area contributed by atoms with E-state index in [1.165, 1.54) is 12.1 Å². The summed E-state index contributed by atoms with van der Waals surface area (Å²) >= 11 is 0. The Hall–Kier alpha value is -2.66. The van der Waals surface area contributed by atoms with Crippen molar-refractivity contribution in [2.45, 2.75) is 12.5 Å². The molecule has 2 N–H and O–H groups in total. The summed E-state index contributed by atoms with van der Waals surface area (Å²) < 4.78 is 13.5. The van der Waals surface area contributed by atoms with Gasteiger partial charge in [-0.25, -0.2) is 4.39 Å².